The minimum atomic E-state index is -0.0922. The van der Waals surface area contributed by atoms with Crippen molar-refractivity contribution in [3.8, 4) is 5.88 Å². The first kappa shape index (κ1) is 18.7. The second-order valence-electron chi connectivity index (χ2n) is 6.60. The summed E-state index contributed by atoms with van der Waals surface area (Å²) in [5.41, 5.74) is 5.52. The summed E-state index contributed by atoms with van der Waals surface area (Å²) in [6.07, 6.45) is 5.08. The molecule has 1 aromatic heterocycles. The highest BCUT2D eigenvalue weighted by atomic mass is 79.9. The number of benzene rings is 2. The maximum Gasteiger partial charge on any atom is 0.231 e. The maximum atomic E-state index is 12.4. The van der Waals surface area contributed by atoms with Gasteiger partial charge in [-0.05, 0) is 60.4 Å². The molecule has 1 aliphatic carbocycles. The van der Waals surface area contributed by atoms with Gasteiger partial charge in [0.25, 0.3) is 0 Å². The van der Waals surface area contributed by atoms with E-state index >= 15 is 0 Å². The number of aromatic hydroxyl groups is 1. The summed E-state index contributed by atoms with van der Waals surface area (Å²) < 4.78 is 1.08. The summed E-state index contributed by atoms with van der Waals surface area (Å²) >= 11 is 4.87. The third-order valence-corrected chi connectivity index (χ3v) is 6.69. The lowest BCUT2D eigenvalue weighted by molar-refractivity contribution is -0.109. The van der Waals surface area contributed by atoms with Gasteiger partial charge in [0.05, 0.1) is 4.88 Å². The van der Waals surface area contributed by atoms with Crippen molar-refractivity contribution in [2.24, 2.45) is 0 Å². The van der Waals surface area contributed by atoms with Crippen molar-refractivity contribution in [3.05, 3.63) is 74.1 Å². The molecule has 4 nitrogen and oxygen atoms in total. The van der Waals surface area contributed by atoms with E-state index in [0.717, 1.165) is 32.4 Å². The summed E-state index contributed by atoms with van der Waals surface area (Å²) in [5, 5.41) is 14.1. The molecule has 140 valence electrons. The Labute approximate surface area is 175 Å². The molecule has 0 fully saturated rings. The molecule has 0 atom stereocenters. The number of carbonyl (C=O) groups excluding carboxylic acids is 1. The molecule has 6 heteroatoms. The maximum absolute atomic E-state index is 12.4. The standard InChI is InChI=1S/C22H17BrN2O2S/c1-12-9-15(10-13(2)20(12)23)24-22-25-21(27)19(28-22)11-17-16-6-4-3-5-14(16)7-8-18(17)26/h3-11,27H,1-2H3,(H,24,25). The van der Waals surface area contributed by atoms with Crippen LogP contribution in [0.1, 0.15) is 27.1 Å². The highest BCUT2D eigenvalue weighted by Gasteiger charge is 2.19. The smallest absolute Gasteiger partial charge is 0.231 e. The van der Waals surface area contributed by atoms with Gasteiger partial charge >= 0.3 is 0 Å². The van der Waals surface area contributed by atoms with E-state index in [-0.39, 0.29) is 11.7 Å². The van der Waals surface area contributed by atoms with Crippen molar-refractivity contribution in [2.45, 2.75) is 13.8 Å². The zero-order valence-electron chi connectivity index (χ0n) is 15.3. The number of anilines is 2. The van der Waals surface area contributed by atoms with Gasteiger partial charge in [0, 0.05) is 15.7 Å². The average Bonchev–Trinajstić information content (AvgIpc) is 3.01. The van der Waals surface area contributed by atoms with Crippen molar-refractivity contribution in [3.63, 3.8) is 0 Å². The lowest BCUT2D eigenvalue weighted by Crippen LogP contribution is -2.04. The van der Waals surface area contributed by atoms with Gasteiger partial charge in [-0.1, -0.05) is 57.6 Å². The number of carbonyl (C=O) groups is 1. The van der Waals surface area contributed by atoms with Crippen LogP contribution < -0.4 is 5.32 Å². The van der Waals surface area contributed by atoms with Gasteiger partial charge in [-0.3, -0.25) is 4.79 Å². The number of rotatable bonds is 3. The Morgan fingerprint density at radius 2 is 1.86 bits per heavy atom. The molecule has 0 saturated heterocycles. The molecule has 2 N–H and O–H groups in total. The molecular formula is C22H17BrN2O2S. The van der Waals surface area contributed by atoms with Gasteiger partial charge in [-0.2, -0.15) is 4.98 Å². The fourth-order valence-corrected chi connectivity index (χ4v) is 4.22. The van der Waals surface area contributed by atoms with E-state index < -0.39 is 0 Å². The van der Waals surface area contributed by atoms with Gasteiger partial charge in [0.1, 0.15) is 0 Å². The molecule has 0 saturated carbocycles. The molecule has 1 heterocycles. The minimum Gasteiger partial charge on any atom is -0.492 e. The average molecular weight is 453 g/mol. The first-order valence-electron chi connectivity index (χ1n) is 8.69. The predicted molar refractivity (Wildman–Crippen MR) is 119 cm³/mol. The highest BCUT2D eigenvalue weighted by Crippen LogP contribution is 2.36. The van der Waals surface area contributed by atoms with Crippen LogP contribution in [-0.4, -0.2) is 15.9 Å². The van der Waals surface area contributed by atoms with Gasteiger partial charge in [-0.25, -0.2) is 0 Å². The van der Waals surface area contributed by atoms with Crippen LogP contribution >= 0.6 is 27.3 Å². The number of allylic oxidation sites excluding steroid dienone is 2. The van der Waals surface area contributed by atoms with Crippen LogP contribution in [0.5, 0.6) is 5.88 Å². The second-order valence-corrected chi connectivity index (χ2v) is 8.42. The van der Waals surface area contributed by atoms with Crippen molar-refractivity contribution >= 4 is 61.6 Å². The first-order chi connectivity index (χ1) is 13.4. The molecule has 0 amide bonds. The Balaban J connectivity index is 1.68. The normalized spacial score (nSPS) is 14.4. The van der Waals surface area contributed by atoms with Crippen molar-refractivity contribution in [2.75, 3.05) is 5.32 Å². The van der Waals surface area contributed by atoms with E-state index in [9.17, 15) is 9.90 Å². The van der Waals surface area contributed by atoms with Crippen molar-refractivity contribution in [1.82, 2.24) is 4.98 Å². The highest BCUT2D eigenvalue weighted by molar-refractivity contribution is 9.10. The Hall–Kier alpha value is -2.70. The number of fused-ring (bicyclic) bond motifs is 1. The van der Waals surface area contributed by atoms with Crippen LogP contribution in [0.2, 0.25) is 0 Å². The molecule has 0 unspecified atom stereocenters. The predicted octanol–water partition coefficient (Wildman–Crippen LogP) is 6.11. The van der Waals surface area contributed by atoms with Crippen LogP contribution in [-0.2, 0) is 4.79 Å². The number of thiazole rings is 1. The topological polar surface area (TPSA) is 62.2 Å². The summed E-state index contributed by atoms with van der Waals surface area (Å²) in [6.45, 7) is 4.05. The monoisotopic (exact) mass is 452 g/mol. The van der Waals surface area contributed by atoms with E-state index in [1.54, 1.807) is 12.2 Å². The summed E-state index contributed by atoms with van der Waals surface area (Å²) in [7, 11) is 0. The Morgan fingerprint density at radius 1 is 1.14 bits per heavy atom. The zero-order chi connectivity index (χ0) is 19.8. The van der Waals surface area contributed by atoms with Gasteiger partial charge in [0.15, 0.2) is 10.9 Å². The number of aromatic nitrogens is 1. The molecule has 0 spiro atoms. The molecule has 4 rings (SSSR count). The van der Waals surface area contributed by atoms with Crippen LogP contribution in [0.25, 0.3) is 17.7 Å². The number of halogens is 1. The molecular weight excluding hydrogens is 436 g/mol. The number of nitrogens with zero attached hydrogens (tertiary/aromatic N) is 1. The van der Waals surface area contributed by atoms with Crippen LogP contribution in [0, 0.1) is 13.8 Å². The van der Waals surface area contributed by atoms with E-state index in [0.29, 0.717) is 15.6 Å². The van der Waals surface area contributed by atoms with E-state index in [4.69, 9.17) is 0 Å². The van der Waals surface area contributed by atoms with E-state index in [1.165, 1.54) is 11.3 Å². The number of hydrogen-bond acceptors (Lipinski definition) is 5. The fraction of sp³-hybridized carbons (Fsp3) is 0.0909. The number of hydrogen-bond donors (Lipinski definition) is 2. The van der Waals surface area contributed by atoms with Gasteiger partial charge in [0.2, 0.25) is 5.88 Å². The number of ketones is 1. The molecule has 28 heavy (non-hydrogen) atoms. The summed E-state index contributed by atoms with van der Waals surface area (Å²) in [5.74, 6) is -0.175. The lowest BCUT2D eigenvalue weighted by atomic mass is 9.91. The Bertz CT molecular complexity index is 1140. The molecule has 3 aromatic rings. The summed E-state index contributed by atoms with van der Waals surface area (Å²) in [4.78, 5) is 17.2. The number of aryl methyl sites for hydroxylation is 2. The van der Waals surface area contributed by atoms with Crippen LogP contribution in [0.15, 0.2) is 46.9 Å². The third kappa shape index (κ3) is 3.53. The Morgan fingerprint density at radius 3 is 2.61 bits per heavy atom. The largest absolute Gasteiger partial charge is 0.492 e. The summed E-state index contributed by atoms with van der Waals surface area (Å²) in [6, 6.07) is 11.7. The molecule has 0 bridgehead atoms. The third-order valence-electron chi connectivity index (χ3n) is 4.53. The molecule has 2 aromatic carbocycles. The SMILES string of the molecule is Cc1cc(Nc2nc(O)c(C=C3C(=O)C=Cc4ccccc43)s2)cc(C)c1Br. The molecule has 0 radical (unpaired) electrons. The van der Waals surface area contributed by atoms with Gasteiger partial charge < -0.3 is 10.4 Å². The zero-order valence-corrected chi connectivity index (χ0v) is 17.7. The van der Waals surface area contributed by atoms with E-state index in [1.807, 2.05) is 56.3 Å². The lowest BCUT2D eigenvalue weighted by Gasteiger charge is -2.12. The van der Waals surface area contributed by atoms with Crippen LogP contribution in [0.3, 0.4) is 0 Å². The second kappa shape index (κ2) is 7.37. The van der Waals surface area contributed by atoms with Crippen LogP contribution in [0.4, 0.5) is 10.8 Å². The van der Waals surface area contributed by atoms with E-state index in [2.05, 4.69) is 26.2 Å². The minimum absolute atomic E-state index is 0.0832. The Kier molecular flexibility index (Phi) is 4.91. The first-order valence-corrected chi connectivity index (χ1v) is 10.3. The molecule has 1 aliphatic rings. The quantitative estimate of drug-likeness (QED) is 0.470. The number of nitrogens with one attached hydrogen (secondary N) is 1. The van der Waals surface area contributed by atoms with Crippen molar-refractivity contribution in [1.29, 1.82) is 0 Å². The van der Waals surface area contributed by atoms with Crippen molar-refractivity contribution < 1.29 is 9.90 Å². The van der Waals surface area contributed by atoms with Gasteiger partial charge in [-0.15, -0.1) is 0 Å². The fourth-order valence-electron chi connectivity index (χ4n) is 3.17. The molecule has 0 aliphatic heterocycles.